The zero-order valence-electron chi connectivity index (χ0n) is 14.1. The molecule has 2 heteroatoms. The van der Waals surface area contributed by atoms with E-state index in [4.69, 9.17) is 4.74 Å². The molecule has 1 aliphatic rings. The summed E-state index contributed by atoms with van der Waals surface area (Å²) in [6.45, 7) is 10.9. The third-order valence-electron chi connectivity index (χ3n) is 4.75. The van der Waals surface area contributed by atoms with Crippen molar-refractivity contribution in [2.24, 2.45) is 11.3 Å². The molecule has 2 rings (SSSR count). The standard InChI is InChI=1S/C19H31NO/c1-15-6-5-7-18(14-15)21-13-12-20-17-10-8-16(9-11-17)19(2,3)4/h5-7,14,16-17,20H,8-13H2,1-4H3. The van der Waals surface area contributed by atoms with Crippen molar-refractivity contribution in [2.75, 3.05) is 13.2 Å². The second-order valence-electron chi connectivity index (χ2n) is 7.53. The maximum absolute atomic E-state index is 5.79. The molecule has 0 spiro atoms. The van der Waals surface area contributed by atoms with E-state index >= 15 is 0 Å². The molecule has 0 atom stereocenters. The largest absolute Gasteiger partial charge is 0.492 e. The van der Waals surface area contributed by atoms with Crippen LogP contribution in [0.15, 0.2) is 24.3 Å². The third-order valence-corrected chi connectivity index (χ3v) is 4.75. The fraction of sp³-hybridized carbons (Fsp3) is 0.684. The summed E-state index contributed by atoms with van der Waals surface area (Å²) in [5.41, 5.74) is 1.72. The van der Waals surface area contributed by atoms with Crippen molar-refractivity contribution in [1.29, 1.82) is 0 Å². The summed E-state index contributed by atoms with van der Waals surface area (Å²) < 4.78 is 5.79. The van der Waals surface area contributed by atoms with E-state index in [1.807, 2.05) is 12.1 Å². The fourth-order valence-corrected chi connectivity index (χ4v) is 3.30. The molecule has 0 radical (unpaired) electrons. The Bertz CT molecular complexity index is 427. The summed E-state index contributed by atoms with van der Waals surface area (Å²) in [7, 11) is 0. The van der Waals surface area contributed by atoms with Crippen LogP contribution in [0.4, 0.5) is 0 Å². The summed E-state index contributed by atoms with van der Waals surface area (Å²) in [5.74, 6) is 1.87. The van der Waals surface area contributed by atoms with Gasteiger partial charge in [-0.2, -0.15) is 0 Å². The van der Waals surface area contributed by atoms with Gasteiger partial charge in [0, 0.05) is 12.6 Å². The average molecular weight is 289 g/mol. The first-order valence-electron chi connectivity index (χ1n) is 8.38. The normalized spacial score (nSPS) is 23.0. The van der Waals surface area contributed by atoms with E-state index in [2.05, 4.69) is 45.1 Å². The van der Waals surface area contributed by atoms with Crippen LogP contribution >= 0.6 is 0 Å². The Morgan fingerprint density at radius 1 is 1.14 bits per heavy atom. The molecular weight excluding hydrogens is 258 g/mol. The Morgan fingerprint density at radius 3 is 2.48 bits per heavy atom. The van der Waals surface area contributed by atoms with Crippen LogP contribution in [0.5, 0.6) is 5.75 Å². The Labute approximate surface area is 130 Å². The minimum absolute atomic E-state index is 0.471. The van der Waals surface area contributed by atoms with Gasteiger partial charge in [-0.3, -0.25) is 0 Å². The third kappa shape index (κ3) is 5.35. The molecule has 0 unspecified atom stereocenters. The monoisotopic (exact) mass is 289 g/mol. The molecule has 118 valence electrons. The molecular formula is C19H31NO. The molecule has 1 aromatic rings. The summed E-state index contributed by atoms with van der Waals surface area (Å²) in [6, 6.07) is 8.95. The Hall–Kier alpha value is -1.02. The van der Waals surface area contributed by atoms with Gasteiger partial charge in [0.25, 0.3) is 0 Å². The van der Waals surface area contributed by atoms with Crippen molar-refractivity contribution < 1.29 is 4.74 Å². The van der Waals surface area contributed by atoms with Crippen LogP contribution < -0.4 is 10.1 Å². The van der Waals surface area contributed by atoms with E-state index in [0.29, 0.717) is 11.5 Å². The smallest absolute Gasteiger partial charge is 0.119 e. The molecule has 1 aliphatic carbocycles. The van der Waals surface area contributed by atoms with Gasteiger partial charge in [0.1, 0.15) is 12.4 Å². The Balaban J connectivity index is 1.62. The van der Waals surface area contributed by atoms with Gasteiger partial charge in [0.15, 0.2) is 0 Å². The van der Waals surface area contributed by atoms with Crippen LogP contribution in [0.25, 0.3) is 0 Å². The zero-order valence-corrected chi connectivity index (χ0v) is 14.1. The maximum atomic E-state index is 5.79. The predicted molar refractivity (Wildman–Crippen MR) is 89.9 cm³/mol. The van der Waals surface area contributed by atoms with Crippen LogP contribution in [0.1, 0.15) is 52.0 Å². The second kappa shape index (κ2) is 7.31. The summed E-state index contributed by atoms with van der Waals surface area (Å²) in [5, 5.41) is 3.65. The highest BCUT2D eigenvalue weighted by Crippen LogP contribution is 2.37. The molecule has 2 nitrogen and oxygen atoms in total. The highest BCUT2D eigenvalue weighted by atomic mass is 16.5. The lowest BCUT2D eigenvalue weighted by Crippen LogP contribution is -2.38. The van der Waals surface area contributed by atoms with Gasteiger partial charge < -0.3 is 10.1 Å². The number of benzene rings is 1. The van der Waals surface area contributed by atoms with Crippen LogP contribution in [0, 0.1) is 18.3 Å². The fourth-order valence-electron chi connectivity index (χ4n) is 3.30. The van der Waals surface area contributed by atoms with E-state index in [-0.39, 0.29) is 0 Å². The summed E-state index contributed by atoms with van der Waals surface area (Å²) in [4.78, 5) is 0. The first kappa shape index (κ1) is 16.4. The van der Waals surface area contributed by atoms with Crippen molar-refractivity contribution in [2.45, 2.75) is 59.4 Å². The lowest BCUT2D eigenvalue weighted by Gasteiger charge is -2.37. The van der Waals surface area contributed by atoms with Gasteiger partial charge in [0.2, 0.25) is 0 Å². The first-order valence-corrected chi connectivity index (χ1v) is 8.38. The van der Waals surface area contributed by atoms with Crippen molar-refractivity contribution in [3.8, 4) is 5.75 Å². The molecule has 1 aromatic carbocycles. The average Bonchev–Trinajstić information content (AvgIpc) is 2.43. The van der Waals surface area contributed by atoms with Crippen LogP contribution in [0.2, 0.25) is 0 Å². The van der Waals surface area contributed by atoms with Gasteiger partial charge in [-0.25, -0.2) is 0 Å². The Kier molecular flexibility index (Phi) is 5.69. The van der Waals surface area contributed by atoms with Crippen LogP contribution in [-0.2, 0) is 0 Å². The van der Waals surface area contributed by atoms with Gasteiger partial charge in [0.05, 0.1) is 0 Å². The van der Waals surface area contributed by atoms with E-state index in [9.17, 15) is 0 Å². The van der Waals surface area contributed by atoms with E-state index in [0.717, 1.165) is 24.8 Å². The number of hydrogen-bond donors (Lipinski definition) is 1. The molecule has 1 fully saturated rings. The van der Waals surface area contributed by atoms with E-state index < -0.39 is 0 Å². The minimum Gasteiger partial charge on any atom is -0.492 e. The summed E-state index contributed by atoms with van der Waals surface area (Å²) in [6.07, 6.45) is 5.35. The molecule has 1 saturated carbocycles. The van der Waals surface area contributed by atoms with Gasteiger partial charge in [-0.1, -0.05) is 32.9 Å². The second-order valence-corrected chi connectivity index (χ2v) is 7.53. The molecule has 0 bridgehead atoms. The number of aryl methyl sites for hydroxylation is 1. The van der Waals surface area contributed by atoms with Gasteiger partial charge in [-0.05, 0) is 61.6 Å². The number of nitrogens with one attached hydrogen (secondary N) is 1. The zero-order chi connectivity index (χ0) is 15.3. The topological polar surface area (TPSA) is 21.3 Å². The molecule has 0 aromatic heterocycles. The highest BCUT2D eigenvalue weighted by Gasteiger charge is 2.29. The van der Waals surface area contributed by atoms with Crippen molar-refractivity contribution in [3.63, 3.8) is 0 Å². The van der Waals surface area contributed by atoms with E-state index in [1.54, 1.807) is 0 Å². The molecule has 1 N–H and O–H groups in total. The Morgan fingerprint density at radius 2 is 1.86 bits per heavy atom. The van der Waals surface area contributed by atoms with Crippen LogP contribution in [-0.4, -0.2) is 19.2 Å². The van der Waals surface area contributed by atoms with Gasteiger partial charge in [-0.15, -0.1) is 0 Å². The van der Waals surface area contributed by atoms with Gasteiger partial charge >= 0.3 is 0 Å². The lowest BCUT2D eigenvalue weighted by atomic mass is 9.71. The number of ether oxygens (including phenoxy) is 1. The van der Waals surface area contributed by atoms with Crippen molar-refractivity contribution in [1.82, 2.24) is 5.32 Å². The highest BCUT2D eigenvalue weighted by molar-refractivity contribution is 5.27. The number of hydrogen-bond acceptors (Lipinski definition) is 2. The maximum Gasteiger partial charge on any atom is 0.119 e. The van der Waals surface area contributed by atoms with Crippen molar-refractivity contribution >= 4 is 0 Å². The molecule has 21 heavy (non-hydrogen) atoms. The molecule has 0 aliphatic heterocycles. The summed E-state index contributed by atoms with van der Waals surface area (Å²) >= 11 is 0. The molecule has 0 amide bonds. The minimum atomic E-state index is 0.471. The molecule has 0 heterocycles. The van der Waals surface area contributed by atoms with Crippen molar-refractivity contribution in [3.05, 3.63) is 29.8 Å². The SMILES string of the molecule is Cc1cccc(OCCNC2CCC(C(C)(C)C)CC2)c1. The van der Waals surface area contributed by atoms with Crippen LogP contribution in [0.3, 0.4) is 0 Å². The lowest BCUT2D eigenvalue weighted by molar-refractivity contribution is 0.158. The molecule has 0 saturated heterocycles. The quantitative estimate of drug-likeness (QED) is 0.802. The van der Waals surface area contributed by atoms with E-state index in [1.165, 1.54) is 31.2 Å². The number of rotatable bonds is 5. The first-order chi connectivity index (χ1) is 9.95. The predicted octanol–water partition coefficient (Wildman–Crippen LogP) is 4.57.